The molecule has 156 valence electrons. The summed E-state index contributed by atoms with van der Waals surface area (Å²) >= 11 is 0. The zero-order valence-electron chi connectivity index (χ0n) is 17.7. The summed E-state index contributed by atoms with van der Waals surface area (Å²) in [4.78, 5) is 19.1. The molecule has 7 heteroatoms. The van der Waals surface area contributed by atoms with Crippen LogP contribution in [0.2, 0.25) is 0 Å². The van der Waals surface area contributed by atoms with Crippen LogP contribution in [0.5, 0.6) is 0 Å². The average molecular weight is 405 g/mol. The van der Waals surface area contributed by atoms with Crippen LogP contribution in [-0.2, 0) is 0 Å². The van der Waals surface area contributed by atoms with E-state index < -0.39 is 0 Å². The van der Waals surface area contributed by atoms with E-state index in [1.54, 1.807) is 0 Å². The summed E-state index contributed by atoms with van der Waals surface area (Å²) in [6.45, 7) is 8.10. The Labute approximate surface area is 177 Å². The third kappa shape index (κ3) is 3.64. The van der Waals surface area contributed by atoms with Crippen LogP contribution in [-0.4, -0.2) is 46.3 Å². The van der Waals surface area contributed by atoms with Crippen molar-refractivity contribution in [2.24, 2.45) is 0 Å². The minimum absolute atomic E-state index is 0.370. The molecule has 0 saturated carbocycles. The van der Waals surface area contributed by atoms with Crippen molar-refractivity contribution in [3.8, 4) is 11.3 Å². The molecule has 30 heavy (non-hydrogen) atoms. The summed E-state index contributed by atoms with van der Waals surface area (Å²) in [5, 5.41) is 4.08. The lowest BCUT2D eigenvalue weighted by molar-refractivity contribution is 0.424. The van der Waals surface area contributed by atoms with Crippen molar-refractivity contribution in [2.45, 2.75) is 45.4 Å². The molecule has 0 amide bonds. The molecule has 0 unspecified atom stereocenters. The average Bonchev–Trinajstić information content (AvgIpc) is 3.46. The van der Waals surface area contributed by atoms with Crippen molar-refractivity contribution in [1.29, 1.82) is 0 Å². The van der Waals surface area contributed by atoms with Crippen LogP contribution in [0.15, 0.2) is 35.1 Å². The van der Waals surface area contributed by atoms with E-state index in [0.717, 1.165) is 73.5 Å². The van der Waals surface area contributed by atoms with E-state index in [1.807, 2.05) is 31.5 Å². The lowest BCUT2D eigenvalue weighted by Gasteiger charge is -2.34. The lowest BCUT2D eigenvalue weighted by atomic mass is 9.90. The Hall–Kier alpha value is -2.96. The number of hydrogen-bond donors (Lipinski definition) is 0. The van der Waals surface area contributed by atoms with Crippen LogP contribution in [0.4, 0.5) is 11.8 Å². The molecule has 3 aromatic rings. The summed E-state index contributed by atoms with van der Waals surface area (Å²) < 4.78 is 5.59. The number of nitrogens with zero attached hydrogens (tertiary/aromatic N) is 6. The van der Waals surface area contributed by atoms with E-state index >= 15 is 0 Å². The molecule has 7 nitrogen and oxygen atoms in total. The Morgan fingerprint density at radius 3 is 2.50 bits per heavy atom. The van der Waals surface area contributed by atoms with Gasteiger partial charge in [-0.05, 0) is 51.2 Å². The van der Waals surface area contributed by atoms with Crippen molar-refractivity contribution < 1.29 is 4.52 Å². The van der Waals surface area contributed by atoms with Gasteiger partial charge in [0.25, 0.3) is 0 Å². The van der Waals surface area contributed by atoms with Gasteiger partial charge in [0.05, 0.1) is 17.0 Å². The normalized spacial score (nSPS) is 17.7. The van der Waals surface area contributed by atoms with E-state index in [1.165, 1.54) is 18.4 Å². The number of aryl methyl sites for hydroxylation is 2. The molecule has 0 N–H and O–H groups in total. The Kier molecular flexibility index (Phi) is 5.11. The Bertz CT molecular complexity index is 1020. The molecule has 0 bridgehead atoms. The fraction of sp³-hybridized carbons (Fsp3) is 0.478. The second kappa shape index (κ2) is 8.05. The topological polar surface area (TPSA) is 71.2 Å². The van der Waals surface area contributed by atoms with Gasteiger partial charge < -0.3 is 14.3 Å². The molecule has 2 saturated heterocycles. The first-order chi connectivity index (χ1) is 14.7. The summed E-state index contributed by atoms with van der Waals surface area (Å²) in [6, 6.07) is 6.10. The summed E-state index contributed by atoms with van der Waals surface area (Å²) in [5.41, 5.74) is 4.18. The van der Waals surface area contributed by atoms with Gasteiger partial charge in [-0.1, -0.05) is 11.2 Å². The van der Waals surface area contributed by atoms with Gasteiger partial charge in [-0.25, -0.2) is 15.0 Å². The number of rotatable bonds is 4. The predicted molar refractivity (Wildman–Crippen MR) is 117 cm³/mol. The van der Waals surface area contributed by atoms with E-state index in [0.29, 0.717) is 5.92 Å². The quantitative estimate of drug-likeness (QED) is 0.647. The van der Waals surface area contributed by atoms with E-state index in [2.05, 4.69) is 37.9 Å². The van der Waals surface area contributed by atoms with Crippen molar-refractivity contribution in [3.63, 3.8) is 0 Å². The predicted octanol–water partition coefficient (Wildman–Crippen LogP) is 4.13. The third-order valence-corrected chi connectivity index (χ3v) is 6.25. The highest BCUT2D eigenvalue weighted by atomic mass is 16.5. The monoisotopic (exact) mass is 404 g/mol. The van der Waals surface area contributed by atoms with E-state index in [-0.39, 0.29) is 0 Å². The van der Waals surface area contributed by atoms with E-state index in [4.69, 9.17) is 9.51 Å². The standard InChI is InChI=1S/C23H28N6O/c1-16-6-5-9-24-22(16)28-12-7-18(8-13-28)21-19(20-14-17(2)27-30-20)15-25-23(26-21)29-10-3-4-11-29/h5-6,9,14-15,18H,3-4,7-8,10-13H2,1-2H3. The summed E-state index contributed by atoms with van der Waals surface area (Å²) in [7, 11) is 0. The Morgan fingerprint density at radius 2 is 1.80 bits per heavy atom. The van der Waals surface area contributed by atoms with Gasteiger partial charge in [0.15, 0.2) is 5.76 Å². The number of piperidine rings is 1. The van der Waals surface area contributed by atoms with E-state index in [9.17, 15) is 0 Å². The van der Waals surface area contributed by atoms with Crippen LogP contribution >= 0.6 is 0 Å². The number of hydrogen-bond acceptors (Lipinski definition) is 7. The zero-order chi connectivity index (χ0) is 20.5. The highest BCUT2D eigenvalue weighted by Gasteiger charge is 2.28. The molecule has 0 radical (unpaired) electrons. The van der Waals surface area contributed by atoms with Crippen LogP contribution < -0.4 is 9.80 Å². The molecular weight excluding hydrogens is 376 g/mol. The number of anilines is 2. The van der Waals surface area contributed by atoms with Gasteiger partial charge in [-0.15, -0.1) is 0 Å². The highest BCUT2D eigenvalue weighted by molar-refractivity contribution is 5.62. The maximum atomic E-state index is 5.59. The van der Waals surface area contributed by atoms with Gasteiger partial charge in [0.1, 0.15) is 5.82 Å². The van der Waals surface area contributed by atoms with Crippen molar-refractivity contribution >= 4 is 11.8 Å². The van der Waals surface area contributed by atoms with Gasteiger partial charge in [0, 0.05) is 50.6 Å². The SMILES string of the molecule is Cc1cc(-c2cnc(N3CCCC3)nc2C2CCN(c3ncccc3C)CC2)on1. The van der Waals surface area contributed by atoms with Crippen LogP contribution in [0, 0.1) is 13.8 Å². The fourth-order valence-electron chi connectivity index (χ4n) is 4.62. The molecule has 0 aliphatic carbocycles. The molecule has 3 aromatic heterocycles. The molecule has 5 heterocycles. The second-order valence-electron chi connectivity index (χ2n) is 8.40. The Balaban J connectivity index is 1.43. The molecule has 2 aliphatic rings. The molecular formula is C23H28N6O. The number of aromatic nitrogens is 4. The largest absolute Gasteiger partial charge is 0.356 e. The first kappa shape index (κ1) is 19.0. The molecule has 0 aromatic carbocycles. The molecule has 0 spiro atoms. The first-order valence-corrected chi connectivity index (χ1v) is 10.9. The lowest BCUT2D eigenvalue weighted by Crippen LogP contribution is -2.34. The van der Waals surface area contributed by atoms with Gasteiger partial charge in [-0.2, -0.15) is 0 Å². The zero-order valence-corrected chi connectivity index (χ0v) is 17.7. The van der Waals surface area contributed by atoms with Gasteiger partial charge >= 0.3 is 0 Å². The highest BCUT2D eigenvalue weighted by Crippen LogP contribution is 2.36. The third-order valence-electron chi connectivity index (χ3n) is 6.25. The van der Waals surface area contributed by atoms with Crippen molar-refractivity contribution in [2.75, 3.05) is 36.0 Å². The van der Waals surface area contributed by atoms with Crippen LogP contribution in [0.3, 0.4) is 0 Å². The number of pyridine rings is 1. The van der Waals surface area contributed by atoms with Crippen LogP contribution in [0.1, 0.15) is 48.6 Å². The summed E-state index contributed by atoms with van der Waals surface area (Å²) in [5.74, 6) is 3.08. The molecule has 2 aliphatic heterocycles. The maximum absolute atomic E-state index is 5.59. The first-order valence-electron chi connectivity index (χ1n) is 10.9. The minimum atomic E-state index is 0.370. The van der Waals surface area contributed by atoms with Gasteiger partial charge in [0.2, 0.25) is 5.95 Å². The van der Waals surface area contributed by atoms with Gasteiger partial charge in [-0.3, -0.25) is 0 Å². The second-order valence-corrected chi connectivity index (χ2v) is 8.40. The fourth-order valence-corrected chi connectivity index (χ4v) is 4.62. The Morgan fingerprint density at radius 1 is 1.00 bits per heavy atom. The molecule has 2 fully saturated rings. The van der Waals surface area contributed by atoms with Crippen molar-refractivity contribution in [3.05, 3.63) is 47.5 Å². The maximum Gasteiger partial charge on any atom is 0.225 e. The minimum Gasteiger partial charge on any atom is -0.356 e. The van der Waals surface area contributed by atoms with Crippen molar-refractivity contribution in [1.82, 2.24) is 20.1 Å². The smallest absolute Gasteiger partial charge is 0.225 e. The summed E-state index contributed by atoms with van der Waals surface area (Å²) in [6.07, 6.45) is 8.31. The molecule has 0 atom stereocenters. The molecule has 5 rings (SSSR count). The van der Waals surface area contributed by atoms with Crippen LogP contribution in [0.25, 0.3) is 11.3 Å².